The smallest absolute Gasteiger partial charge is 0.127 e. The van der Waals surface area contributed by atoms with E-state index in [2.05, 4.69) is 11.0 Å². The number of likely N-dealkylation sites (N-methyl/N-ethyl adjacent to an activating group) is 1. The SMILES string of the molecule is CN(CC1=Cc2cc(Cl)ccc2OC1)CC(C)(CO)CO. The van der Waals surface area contributed by atoms with Gasteiger partial charge in [-0.3, -0.25) is 0 Å². The summed E-state index contributed by atoms with van der Waals surface area (Å²) in [5.41, 5.74) is 1.64. The van der Waals surface area contributed by atoms with Gasteiger partial charge in [0.25, 0.3) is 0 Å². The Morgan fingerprint density at radius 2 is 2.05 bits per heavy atom. The summed E-state index contributed by atoms with van der Waals surface area (Å²) in [5.74, 6) is 0.848. The van der Waals surface area contributed by atoms with Crippen molar-refractivity contribution in [3.63, 3.8) is 0 Å². The first kappa shape index (κ1) is 16.3. The predicted molar refractivity (Wildman–Crippen MR) is 84.7 cm³/mol. The summed E-state index contributed by atoms with van der Waals surface area (Å²) in [7, 11) is 1.97. The molecule has 2 N–H and O–H groups in total. The van der Waals surface area contributed by atoms with Crippen LogP contribution in [0.4, 0.5) is 0 Å². The number of rotatable bonds is 6. The first-order valence-electron chi connectivity index (χ1n) is 6.98. The number of aliphatic hydroxyl groups is 2. The Kier molecular flexibility index (Phi) is 5.27. The van der Waals surface area contributed by atoms with Crippen LogP contribution in [0.5, 0.6) is 5.75 Å². The van der Waals surface area contributed by atoms with Crippen LogP contribution in [0.15, 0.2) is 23.8 Å². The lowest BCUT2D eigenvalue weighted by Crippen LogP contribution is -2.40. The summed E-state index contributed by atoms with van der Waals surface area (Å²) >= 11 is 6.00. The number of aliphatic hydroxyl groups excluding tert-OH is 2. The normalized spacial score (nSPS) is 14.7. The summed E-state index contributed by atoms with van der Waals surface area (Å²) in [4.78, 5) is 2.08. The van der Waals surface area contributed by atoms with Gasteiger partial charge in [-0.2, -0.15) is 0 Å². The van der Waals surface area contributed by atoms with Crippen molar-refractivity contribution in [2.75, 3.05) is 40.0 Å². The van der Waals surface area contributed by atoms with Crippen LogP contribution in [-0.2, 0) is 0 Å². The fourth-order valence-electron chi connectivity index (χ4n) is 2.49. The van der Waals surface area contributed by atoms with E-state index in [4.69, 9.17) is 16.3 Å². The van der Waals surface area contributed by atoms with Crippen LogP contribution in [-0.4, -0.2) is 55.1 Å². The molecule has 0 bridgehead atoms. The Labute approximate surface area is 130 Å². The zero-order valence-electron chi connectivity index (χ0n) is 12.5. The molecular formula is C16H22ClNO3. The van der Waals surface area contributed by atoms with E-state index in [0.29, 0.717) is 18.2 Å². The maximum Gasteiger partial charge on any atom is 0.127 e. The molecule has 0 spiro atoms. The molecule has 0 atom stereocenters. The summed E-state index contributed by atoms with van der Waals surface area (Å²) in [5, 5.41) is 19.4. The molecule has 1 aliphatic heterocycles. The lowest BCUT2D eigenvalue weighted by Gasteiger charge is -2.31. The van der Waals surface area contributed by atoms with Crippen LogP contribution in [0, 0.1) is 5.41 Å². The first-order valence-corrected chi connectivity index (χ1v) is 7.36. The maximum atomic E-state index is 9.36. The number of benzene rings is 1. The zero-order chi connectivity index (χ0) is 15.5. The van der Waals surface area contributed by atoms with E-state index in [9.17, 15) is 10.2 Å². The van der Waals surface area contributed by atoms with Crippen molar-refractivity contribution >= 4 is 17.7 Å². The zero-order valence-corrected chi connectivity index (χ0v) is 13.2. The molecule has 0 saturated carbocycles. The highest BCUT2D eigenvalue weighted by Crippen LogP contribution is 2.29. The van der Waals surface area contributed by atoms with Gasteiger partial charge in [0.2, 0.25) is 0 Å². The predicted octanol–water partition coefficient (Wildman–Crippen LogP) is 2.04. The topological polar surface area (TPSA) is 52.9 Å². The van der Waals surface area contributed by atoms with Gasteiger partial charge in [0.1, 0.15) is 12.4 Å². The van der Waals surface area contributed by atoms with Crippen molar-refractivity contribution in [1.82, 2.24) is 4.90 Å². The molecule has 0 unspecified atom stereocenters. The Morgan fingerprint density at radius 3 is 2.71 bits per heavy atom. The summed E-state index contributed by atoms with van der Waals surface area (Å²) < 4.78 is 5.72. The van der Waals surface area contributed by atoms with Gasteiger partial charge in [-0.1, -0.05) is 18.5 Å². The van der Waals surface area contributed by atoms with Gasteiger partial charge in [0.15, 0.2) is 0 Å². The van der Waals surface area contributed by atoms with Gasteiger partial charge in [0.05, 0.1) is 13.2 Å². The molecule has 1 aromatic carbocycles. The molecule has 1 aromatic rings. The summed E-state index contributed by atoms with van der Waals surface area (Å²) in [6, 6.07) is 5.59. The molecule has 1 heterocycles. The monoisotopic (exact) mass is 311 g/mol. The van der Waals surface area contributed by atoms with Gasteiger partial charge < -0.3 is 19.8 Å². The van der Waals surface area contributed by atoms with Crippen LogP contribution < -0.4 is 4.74 Å². The van der Waals surface area contributed by atoms with E-state index in [1.54, 1.807) is 0 Å². The number of halogens is 1. The minimum Gasteiger partial charge on any atom is -0.489 e. The Hall–Kier alpha value is -1.07. The van der Waals surface area contributed by atoms with Crippen molar-refractivity contribution < 1.29 is 14.9 Å². The van der Waals surface area contributed by atoms with Gasteiger partial charge in [0, 0.05) is 29.1 Å². The van der Waals surface area contributed by atoms with E-state index in [1.807, 2.05) is 32.2 Å². The Balaban J connectivity index is 2.04. The van der Waals surface area contributed by atoms with Crippen LogP contribution in [0.3, 0.4) is 0 Å². The number of hydrogen-bond donors (Lipinski definition) is 2. The largest absolute Gasteiger partial charge is 0.489 e. The molecule has 5 heteroatoms. The van der Waals surface area contributed by atoms with E-state index >= 15 is 0 Å². The molecule has 116 valence electrons. The van der Waals surface area contributed by atoms with E-state index in [1.165, 1.54) is 0 Å². The lowest BCUT2D eigenvalue weighted by atomic mass is 9.92. The second-order valence-corrected chi connectivity index (χ2v) is 6.51. The minimum absolute atomic E-state index is 0.0399. The molecule has 0 radical (unpaired) electrons. The molecule has 4 nitrogen and oxygen atoms in total. The fraction of sp³-hybridized carbons (Fsp3) is 0.500. The molecule has 0 saturated heterocycles. The molecule has 0 amide bonds. The second kappa shape index (κ2) is 6.79. The quantitative estimate of drug-likeness (QED) is 0.844. The van der Waals surface area contributed by atoms with Gasteiger partial charge in [-0.25, -0.2) is 0 Å². The average molecular weight is 312 g/mol. The maximum absolute atomic E-state index is 9.36. The lowest BCUT2D eigenvalue weighted by molar-refractivity contribution is 0.0437. The highest BCUT2D eigenvalue weighted by Gasteiger charge is 2.25. The number of ether oxygens (including phenoxy) is 1. The van der Waals surface area contributed by atoms with Gasteiger partial charge >= 0.3 is 0 Å². The third-order valence-corrected chi connectivity index (χ3v) is 3.87. The van der Waals surface area contributed by atoms with Gasteiger partial charge in [-0.15, -0.1) is 0 Å². The number of fused-ring (bicyclic) bond motifs is 1. The standard InChI is InChI=1S/C16H22ClNO3/c1-16(10-19,11-20)9-18(2)7-12-5-13-6-14(17)3-4-15(13)21-8-12/h3-6,19-20H,7-11H2,1-2H3. The molecule has 0 aromatic heterocycles. The van der Waals surface area contributed by atoms with Crippen LogP contribution >= 0.6 is 11.6 Å². The van der Waals surface area contributed by atoms with E-state index in [0.717, 1.165) is 23.4 Å². The molecule has 0 aliphatic carbocycles. The molecule has 2 rings (SSSR count). The van der Waals surface area contributed by atoms with Crippen LogP contribution in [0.2, 0.25) is 5.02 Å². The van der Waals surface area contributed by atoms with Gasteiger partial charge in [-0.05, 0) is 36.9 Å². The van der Waals surface area contributed by atoms with E-state index in [-0.39, 0.29) is 13.2 Å². The molecule has 1 aliphatic rings. The number of nitrogens with zero attached hydrogens (tertiary/aromatic N) is 1. The van der Waals surface area contributed by atoms with Crippen LogP contribution in [0.1, 0.15) is 12.5 Å². The summed E-state index contributed by atoms with van der Waals surface area (Å²) in [6.07, 6.45) is 2.09. The highest BCUT2D eigenvalue weighted by atomic mass is 35.5. The Bertz CT molecular complexity index is 526. The summed E-state index contributed by atoms with van der Waals surface area (Å²) in [6.45, 7) is 3.67. The van der Waals surface area contributed by atoms with E-state index < -0.39 is 5.41 Å². The van der Waals surface area contributed by atoms with Crippen molar-refractivity contribution in [1.29, 1.82) is 0 Å². The van der Waals surface area contributed by atoms with Crippen molar-refractivity contribution in [2.24, 2.45) is 5.41 Å². The molecule has 0 fully saturated rings. The third kappa shape index (κ3) is 4.20. The number of hydrogen-bond acceptors (Lipinski definition) is 4. The molecule has 21 heavy (non-hydrogen) atoms. The highest BCUT2D eigenvalue weighted by molar-refractivity contribution is 6.30. The van der Waals surface area contributed by atoms with Crippen molar-refractivity contribution in [2.45, 2.75) is 6.92 Å². The van der Waals surface area contributed by atoms with Crippen molar-refractivity contribution in [3.8, 4) is 5.75 Å². The second-order valence-electron chi connectivity index (χ2n) is 6.07. The fourth-order valence-corrected chi connectivity index (χ4v) is 2.67. The first-order chi connectivity index (χ1) is 9.95. The third-order valence-electron chi connectivity index (χ3n) is 3.63. The average Bonchev–Trinajstić information content (AvgIpc) is 2.46. The van der Waals surface area contributed by atoms with Crippen LogP contribution in [0.25, 0.3) is 6.08 Å². The molecular weight excluding hydrogens is 290 g/mol. The van der Waals surface area contributed by atoms with Crippen molar-refractivity contribution in [3.05, 3.63) is 34.4 Å². The Morgan fingerprint density at radius 1 is 1.33 bits per heavy atom. The minimum atomic E-state index is -0.494.